The molecular formula is C11H18Cl2N2. The van der Waals surface area contributed by atoms with Crippen molar-refractivity contribution in [3.05, 3.63) is 29.8 Å². The molecule has 0 aliphatic carbocycles. The zero-order valence-corrected chi connectivity index (χ0v) is 10.2. The molecule has 1 aromatic rings. The Labute approximate surface area is 103 Å². The second-order valence-corrected chi connectivity index (χ2v) is 3.65. The van der Waals surface area contributed by atoms with Crippen LogP contribution in [-0.4, -0.2) is 13.1 Å². The average molecular weight is 249 g/mol. The largest absolute Gasteiger partial charge is 0.398 e. The monoisotopic (exact) mass is 248 g/mol. The van der Waals surface area contributed by atoms with Crippen molar-refractivity contribution in [3.63, 3.8) is 0 Å². The number of nitrogens with one attached hydrogen (secondary N) is 1. The van der Waals surface area contributed by atoms with Crippen LogP contribution in [-0.2, 0) is 0 Å². The second kappa shape index (κ2) is 6.94. The molecule has 1 aromatic carbocycles. The zero-order chi connectivity index (χ0) is 9.10. The van der Waals surface area contributed by atoms with Crippen molar-refractivity contribution < 1.29 is 0 Å². The highest BCUT2D eigenvalue weighted by atomic mass is 35.5. The molecule has 0 saturated carbocycles. The van der Waals surface area contributed by atoms with Gasteiger partial charge in [-0.1, -0.05) is 18.2 Å². The molecule has 0 atom stereocenters. The Balaban J connectivity index is 0.000000980. The quantitative estimate of drug-likeness (QED) is 0.751. The van der Waals surface area contributed by atoms with E-state index in [2.05, 4.69) is 17.4 Å². The van der Waals surface area contributed by atoms with Crippen LogP contribution in [0.15, 0.2) is 24.3 Å². The molecule has 1 aliphatic heterocycles. The SMILES string of the molecule is Cl.Cl.Nc1ccccc1C1CCNCC1. The van der Waals surface area contributed by atoms with E-state index >= 15 is 0 Å². The molecule has 3 N–H and O–H groups in total. The van der Waals surface area contributed by atoms with Crippen LogP contribution in [0, 0.1) is 0 Å². The number of benzene rings is 1. The van der Waals surface area contributed by atoms with Crippen molar-refractivity contribution in [2.75, 3.05) is 18.8 Å². The van der Waals surface area contributed by atoms with Crippen LogP contribution in [0.2, 0.25) is 0 Å². The molecule has 0 radical (unpaired) electrons. The first kappa shape index (κ1) is 14.6. The van der Waals surface area contributed by atoms with Gasteiger partial charge < -0.3 is 11.1 Å². The molecule has 15 heavy (non-hydrogen) atoms. The summed E-state index contributed by atoms with van der Waals surface area (Å²) < 4.78 is 0. The third kappa shape index (κ3) is 3.56. The number of nitrogens with two attached hydrogens (primary N) is 1. The van der Waals surface area contributed by atoms with Gasteiger partial charge in [-0.15, -0.1) is 24.8 Å². The maximum atomic E-state index is 5.93. The van der Waals surface area contributed by atoms with Gasteiger partial charge in [-0.25, -0.2) is 0 Å². The molecule has 1 aliphatic rings. The van der Waals surface area contributed by atoms with Crippen LogP contribution in [0.4, 0.5) is 5.69 Å². The Bertz CT molecular complexity index is 286. The smallest absolute Gasteiger partial charge is 0.0349 e. The van der Waals surface area contributed by atoms with Gasteiger partial charge in [-0.05, 0) is 43.5 Å². The fraction of sp³-hybridized carbons (Fsp3) is 0.455. The highest BCUT2D eigenvalue weighted by Gasteiger charge is 2.16. The summed E-state index contributed by atoms with van der Waals surface area (Å²) in [5.74, 6) is 0.669. The van der Waals surface area contributed by atoms with Crippen LogP contribution in [0.3, 0.4) is 0 Å². The maximum Gasteiger partial charge on any atom is 0.0349 e. The summed E-state index contributed by atoms with van der Waals surface area (Å²) in [6.45, 7) is 2.25. The van der Waals surface area contributed by atoms with Gasteiger partial charge in [-0.2, -0.15) is 0 Å². The summed E-state index contributed by atoms with van der Waals surface area (Å²) in [6.07, 6.45) is 2.43. The molecule has 0 aromatic heterocycles. The summed E-state index contributed by atoms with van der Waals surface area (Å²) in [7, 11) is 0. The number of hydrogen-bond acceptors (Lipinski definition) is 2. The van der Waals surface area contributed by atoms with Gasteiger partial charge in [0.1, 0.15) is 0 Å². The molecule has 1 fully saturated rings. The molecule has 4 heteroatoms. The van der Waals surface area contributed by atoms with E-state index in [1.165, 1.54) is 18.4 Å². The van der Waals surface area contributed by atoms with Crippen molar-refractivity contribution in [1.29, 1.82) is 0 Å². The summed E-state index contributed by atoms with van der Waals surface area (Å²) in [5, 5.41) is 3.36. The van der Waals surface area contributed by atoms with Crippen molar-refractivity contribution >= 4 is 30.5 Å². The van der Waals surface area contributed by atoms with Crippen molar-refractivity contribution in [2.24, 2.45) is 0 Å². The van der Waals surface area contributed by atoms with Gasteiger partial charge in [0.2, 0.25) is 0 Å². The Morgan fingerprint density at radius 2 is 1.67 bits per heavy atom. The number of para-hydroxylation sites is 1. The fourth-order valence-electron chi connectivity index (χ4n) is 2.02. The molecule has 1 saturated heterocycles. The van der Waals surface area contributed by atoms with Crippen molar-refractivity contribution in [2.45, 2.75) is 18.8 Å². The molecule has 0 unspecified atom stereocenters. The van der Waals surface area contributed by atoms with E-state index < -0.39 is 0 Å². The minimum atomic E-state index is 0. The van der Waals surface area contributed by atoms with Crippen LogP contribution in [0.25, 0.3) is 0 Å². The Morgan fingerprint density at radius 3 is 2.27 bits per heavy atom. The van der Waals surface area contributed by atoms with E-state index in [9.17, 15) is 0 Å². The minimum absolute atomic E-state index is 0. The van der Waals surface area contributed by atoms with E-state index in [1.54, 1.807) is 0 Å². The molecule has 0 spiro atoms. The lowest BCUT2D eigenvalue weighted by molar-refractivity contribution is 0.461. The minimum Gasteiger partial charge on any atom is -0.398 e. The molecule has 2 nitrogen and oxygen atoms in total. The second-order valence-electron chi connectivity index (χ2n) is 3.65. The van der Waals surface area contributed by atoms with Gasteiger partial charge in [0.25, 0.3) is 0 Å². The van der Waals surface area contributed by atoms with Gasteiger partial charge in [0.15, 0.2) is 0 Å². The molecule has 0 bridgehead atoms. The maximum absolute atomic E-state index is 5.93. The standard InChI is InChI=1S/C11H16N2.2ClH/c12-11-4-2-1-3-10(11)9-5-7-13-8-6-9;;/h1-4,9,13H,5-8,12H2;2*1H. The van der Waals surface area contributed by atoms with Crippen molar-refractivity contribution in [3.8, 4) is 0 Å². The molecule has 86 valence electrons. The molecule has 2 rings (SSSR count). The summed E-state index contributed by atoms with van der Waals surface area (Å²) in [5.41, 5.74) is 8.22. The molecule has 0 amide bonds. The summed E-state index contributed by atoms with van der Waals surface area (Å²) >= 11 is 0. The van der Waals surface area contributed by atoms with E-state index in [0.29, 0.717) is 5.92 Å². The number of nitrogen functional groups attached to an aromatic ring is 1. The van der Waals surface area contributed by atoms with E-state index in [4.69, 9.17) is 5.73 Å². The van der Waals surface area contributed by atoms with E-state index in [1.807, 2.05) is 12.1 Å². The zero-order valence-electron chi connectivity index (χ0n) is 8.61. The first-order chi connectivity index (χ1) is 6.38. The lowest BCUT2D eigenvalue weighted by atomic mass is 9.89. The van der Waals surface area contributed by atoms with Gasteiger partial charge in [0, 0.05) is 5.69 Å². The third-order valence-electron chi connectivity index (χ3n) is 2.77. The topological polar surface area (TPSA) is 38.0 Å². The predicted octanol–water partition coefficient (Wildman–Crippen LogP) is 2.58. The Hall–Kier alpha value is -0.440. The number of anilines is 1. The van der Waals surface area contributed by atoms with E-state index in [0.717, 1.165) is 18.8 Å². The van der Waals surface area contributed by atoms with Gasteiger partial charge in [-0.3, -0.25) is 0 Å². The highest BCUT2D eigenvalue weighted by Crippen LogP contribution is 2.28. The summed E-state index contributed by atoms with van der Waals surface area (Å²) in [6, 6.07) is 8.23. The average Bonchev–Trinajstić information content (AvgIpc) is 2.20. The number of piperidine rings is 1. The number of rotatable bonds is 1. The molecular weight excluding hydrogens is 231 g/mol. The normalized spacial score (nSPS) is 16.3. The summed E-state index contributed by atoms with van der Waals surface area (Å²) in [4.78, 5) is 0. The first-order valence-corrected chi connectivity index (χ1v) is 4.93. The fourth-order valence-corrected chi connectivity index (χ4v) is 2.02. The van der Waals surface area contributed by atoms with E-state index in [-0.39, 0.29) is 24.8 Å². The first-order valence-electron chi connectivity index (χ1n) is 4.93. The number of hydrogen-bond donors (Lipinski definition) is 2. The van der Waals surface area contributed by atoms with Crippen molar-refractivity contribution in [1.82, 2.24) is 5.32 Å². The molecule has 1 heterocycles. The third-order valence-corrected chi connectivity index (χ3v) is 2.77. The number of halogens is 2. The van der Waals surface area contributed by atoms with Crippen LogP contribution in [0.5, 0.6) is 0 Å². The lowest BCUT2D eigenvalue weighted by Crippen LogP contribution is -2.26. The van der Waals surface area contributed by atoms with Gasteiger partial charge >= 0.3 is 0 Å². The predicted molar refractivity (Wildman–Crippen MR) is 70.2 cm³/mol. The van der Waals surface area contributed by atoms with Crippen LogP contribution < -0.4 is 11.1 Å². The van der Waals surface area contributed by atoms with Crippen LogP contribution in [0.1, 0.15) is 24.3 Å². The Morgan fingerprint density at radius 1 is 1.07 bits per heavy atom. The van der Waals surface area contributed by atoms with Crippen LogP contribution >= 0.6 is 24.8 Å². The lowest BCUT2D eigenvalue weighted by Gasteiger charge is -2.23. The highest BCUT2D eigenvalue weighted by molar-refractivity contribution is 5.85. The van der Waals surface area contributed by atoms with Gasteiger partial charge in [0.05, 0.1) is 0 Å². The Kier molecular flexibility index (Phi) is 6.73.